The van der Waals surface area contributed by atoms with Crippen LogP contribution in [0.25, 0.3) is 0 Å². The normalized spacial score (nSPS) is 11.9. The molecule has 0 aliphatic carbocycles. The molecular formula is C11H12O3. The number of hydrogen-bond acceptors (Lipinski definition) is 3. The van der Waals surface area contributed by atoms with Crippen LogP contribution in [-0.4, -0.2) is 19.4 Å². The van der Waals surface area contributed by atoms with Gasteiger partial charge >= 0.3 is 5.97 Å². The Morgan fingerprint density at radius 3 is 2.36 bits per heavy atom. The first-order valence-electron chi connectivity index (χ1n) is 4.32. The SMILES string of the molecule is COC(=O)c1ccc(C(C)C=O)cc1. The van der Waals surface area contributed by atoms with Crippen molar-refractivity contribution in [3.8, 4) is 0 Å². The Hall–Kier alpha value is -1.64. The largest absolute Gasteiger partial charge is 0.465 e. The Morgan fingerprint density at radius 1 is 1.36 bits per heavy atom. The first kappa shape index (κ1) is 10.4. The highest BCUT2D eigenvalue weighted by molar-refractivity contribution is 5.89. The Balaban J connectivity index is 2.88. The monoisotopic (exact) mass is 192 g/mol. The van der Waals surface area contributed by atoms with Crippen molar-refractivity contribution in [1.29, 1.82) is 0 Å². The van der Waals surface area contributed by atoms with Crippen molar-refractivity contribution in [2.75, 3.05) is 7.11 Å². The molecule has 0 bridgehead atoms. The van der Waals surface area contributed by atoms with Gasteiger partial charge in [-0.05, 0) is 17.7 Å². The minimum atomic E-state index is -0.365. The van der Waals surface area contributed by atoms with Crippen molar-refractivity contribution < 1.29 is 14.3 Å². The molecule has 3 nitrogen and oxygen atoms in total. The van der Waals surface area contributed by atoms with Crippen LogP contribution in [0.1, 0.15) is 28.8 Å². The quantitative estimate of drug-likeness (QED) is 0.541. The lowest BCUT2D eigenvalue weighted by Gasteiger charge is -2.04. The summed E-state index contributed by atoms with van der Waals surface area (Å²) in [4.78, 5) is 21.6. The second-order valence-corrected chi connectivity index (χ2v) is 3.04. The summed E-state index contributed by atoms with van der Waals surface area (Å²) in [6.45, 7) is 1.81. The molecule has 1 unspecified atom stereocenters. The van der Waals surface area contributed by atoms with Crippen LogP contribution in [0.4, 0.5) is 0 Å². The lowest BCUT2D eigenvalue weighted by molar-refractivity contribution is -0.108. The number of carbonyl (C=O) groups excluding carboxylic acids is 2. The van der Waals surface area contributed by atoms with Gasteiger partial charge in [-0.2, -0.15) is 0 Å². The number of aldehydes is 1. The zero-order chi connectivity index (χ0) is 10.6. The fourth-order valence-electron chi connectivity index (χ4n) is 1.12. The van der Waals surface area contributed by atoms with E-state index in [1.165, 1.54) is 7.11 Å². The Bertz CT molecular complexity index is 327. The fraction of sp³-hybridized carbons (Fsp3) is 0.273. The average Bonchev–Trinajstić information content (AvgIpc) is 2.27. The van der Waals surface area contributed by atoms with Crippen LogP contribution in [0, 0.1) is 0 Å². The smallest absolute Gasteiger partial charge is 0.337 e. The Kier molecular flexibility index (Phi) is 3.40. The highest BCUT2D eigenvalue weighted by Crippen LogP contribution is 2.13. The number of carbonyl (C=O) groups is 2. The fourth-order valence-corrected chi connectivity index (χ4v) is 1.12. The van der Waals surface area contributed by atoms with Crippen molar-refractivity contribution in [3.05, 3.63) is 35.4 Å². The number of methoxy groups -OCH3 is 1. The van der Waals surface area contributed by atoms with Crippen LogP contribution in [-0.2, 0) is 9.53 Å². The molecule has 0 aliphatic rings. The third kappa shape index (κ3) is 2.19. The van der Waals surface area contributed by atoms with Gasteiger partial charge in [-0.15, -0.1) is 0 Å². The predicted octanol–water partition coefficient (Wildman–Crippen LogP) is 1.78. The standard InChI is InChI=1S/C11H12O3/c1-8(7-12)9-3-5-10(6-4-9)11(13)14-2/h3-8H,1-2H3. The highest BCUT2D eigenvalue weighted by Gasteiger charge is 2.07. The summed E-state index contributed by atoms with van der Waals surface area (Å²) in [5.74, 6) is -0.503. The van der Waals surface area contributed by atoms with Gasteiger partial charge in [-0.3, -0.25) is 0 Å². The number of esters is 1. The molecule has 0 saturated carbocycles. The van der Waals surface area contributed by atoms with E-state index in [1.54, 1.807) is 31.2 Å². The third-order valence-corrected chi connectivity index (χ3v) is 2.06. The van der Waals surface area contributed by atoms with Crippen LogP contribution in [0.15, 0.2) is 24.3 Å². The molecule has 0 amide bonds. The molecule has 0 saturated heterocycles. The maximum atomic E-state index is 11.1. The second-order valence-electron chi connectivity index (χ2n) is 3.04. The van der Waals surface area contributed by atoms with Gasteiger partial charge in [0.2, 0.25) is 0 Å². The zero-order valence-corrected chi connectivity index (χ0v) is 8.19. The summed E-state index contributed by atoms with van der Waals surface area (Å²) in [5, 5.41) is 0. The summed E-state index contributed by atoms with van der Waals surface area (Å²) < 4.78 is 4.55. The van der Waals surface area contributed by atoms with Gasteiger partial charge in [0.1, 0.15) is 6.29 Å². The van der Waals surface area contributed by atoms with Crippen molar-refractivity contribution in [2.24, 2.45) is 0 Å². The molecule has 0 heterocycles. The van der Waals surface area contributed by atoms with E-state index in [4.69, 9.17) is 0 Å². The molecule has 0 N–H and O–H groups in total. The highest BCUT2D eigenvalue weighted by atomic mass is 16.5. The summed E-state index contributed by atoms with van der Waals surface area (Å²) >= 11 is 0. The summed E-state index contributed by atoms with van der Waals surface area (Å²) in [6, 6.07) is 6.82. The summed E-state index contributed by atoms with van der Waals surface area (Å²) in [7, 11) is 1.34. The molecule has 1 aromatic carbocycles. The molecule has 0 aromatic heterocycles. The maximum absolute atomic E-state index is 11.1. The van der Waals surface area contributed by atoms with E-state index < -0.39 is 0 Å². The molecule has 74 valence electrons. The van der Waals surface area contributed by atoms with E-state index in [0.29, 0.717) is 5.56 Å². The van der Waals surface area contributed by atoms with Gasteiger partial charge in [0.05, 0.1) is 12.7 Å². The lowest BCUT2D eigenvalue weighted by Crippen LogP contribution is -2.01. The van der Waals surface area contributed by atoms with Crippen LogP contribution in [0.3, 0.4) is 0 Å². The molecule has 1 rings (SSSR count). The first-order valence-corrected chi connectivity index (χ1v) is 4.32. The molecule has 3 heteroatoms. The van der Waals surface area contributed by atoms with Gasteiger partial charge in [0.25, 0.3) is 0 Å². The third-order valence-electron chi connectivity index (χ3n) is 2.06. The molecule has 0 radical (unpaired) electrons. The van der Waals surface area contributed by atoms with Gasteiger partial charge in [0.15, 0.2) is 0 Å². The number of rotatable bonds is 3. The van der Waals surface area contributed by atoms with Gasteiger partial charge in [0, 0.05) is 5.92 Å². The molecular weight excluding hydrogens is 180 g/mol. The van der Waals surface area contributed by atoms with Crippen molar-refractivity contribution in [2.45, 2.75) is 12.8 Å². The summed E-state index contributed by atoms with van der Waals surface area (Å²) in [5.41, 5.74) is 1.39. The van der Waals surface area contributed by atoms with Crippen LogP contribution >= 0.6 is 0 Å². The minimum Gasteiger partial charge on any atom is -0.465 e. The number of hydrogen-bond donors (Lipinski definition) is 0. The molecule has 0 aliphatic heterocycles. The van der Waals surface area contributed by atoms with E-state index in [0.717, 1.165) is 11.8 Å². The number of ether oxygens (including phenoxy) is 1. The van der Waals surface area contributed by atoms with Gasteiger partial charge in [-0.1, -0.05) is 19.1 Å². The van der Waals surface area contributed by atoms with Crippen LogP contribution in [0.2, 0.25) is 0 Å². The van der Waals surface area contributed by atoms with E-state index in [1.807, 2.05) is 0 Å². The van der Waals surface area contributed by atoms with E-state index in [9.17, 15) is 9.59 Å². The van der Waals surface area contributed by atoms with Crippen molar-refractivity contribution >= 4 is 12.3 Å². The van der Waals surface area contributed by atoms with Crippen molar-refractivity contribution in [1.82, 2.24) is 0 Å². The molecule has 14 heavy (non-hydrogen) atoms. The minimum absolute atomic E-state index is 0.137. The van der Waals surface area contributed by atoms with E-state index >= 15 is 0 Å². The molecule has 0 fully saturated rings. The number of benzene rings is 1. The van der Waals surface area contributed by atoms with Gasteiger partial charge in [-0.25, -0.2) is 4.79 Å². The lowest BCUT2D eigenvalue weighted by atomic mass is 10.0. The van der Waals surface area contributed by atoms with E-state index in [2.05, 4.69) is 4.74 Å². The Labute approximate surface area is 82.7 Å². The zero-order valence-electron chi connectivity index (χ0n) is 8.19. The van der Waals surface area contributed by atoms with Crippen molar-refractivity contribution in [3.63, 3.8) is 0 Å². The molecule has 1 aromatic rings. The topological polar surface area (TPSA) is 43.4 Å². The molecule has 1 atom stereocenters. The van der Waals surface area contributed by atoms with E-state index in [-0.39, 0.29) is 11.9 Å². The van der Waals surface area contributed by atoms with Gasteiger partial charge < -0.3 is 9.53 Å². The summed E-state index contributed by atoms with van der Waals surface area (Å²) in [6.07, 6.45) is 0.868. The van der Waals surface area contributed by atoms with Crippen LogP contribution in [0.5, 0.6) is 0 Å². The predicted molar refractivity (Wildman–Crippen MR) is 52.3 cm³/mol. The van der Waals surface area contributed by atoms with Crippen LogP contribution < -0.4 is 0 Å². The Morgan fingerprint density at radius 2 is 1.93 bits per heavy atom. The first-order chi connectivity index (χ1) is 6.69. The maximum Gasteiger partial charge on any atom is 0.337 e. The average molecular weight is 192 g/mol. The second kappa shape index (κ2) is 4.56. The molecule has 0 spiro atoms.